The first-order valence-electron chi connectivity index (χ1n) is 8.06. The van der Waals surface area contributed by atoms with Gasteiger partial charge in [-0.3, -0.25) is 4.79 Å². The molecule has 27 heavy (non-hydrogen) atoms. The Morgan fingerprint density at radius 2 is 1.93 bits per heavy atom. The molecule has 2 aromatic heterocycles. The van der Waals surface area contributed by atoms with Crippen molar-refractivity contribution in [3.8, 4) is 0 Å². The summed E-state index contributed by atoms with van der Waals surface area (Å²) in [7, 11) is 0. The zero-order chi connectivity index (χ0) is 19.8. The Hall–Kier alpha value is -2.68. The third kappa shape index (κ3) is 3.87. The van der Waals surface area contributed by atoms with E-state index in [9.17, 15) is 22.8 Å². The van der Waals surface area contributed by atoms with Gasteiger partial charge in [-0.05, 0) is 37.1 Å². The normalized spacial score (nSPS) is 11.7. The molecule has 0 amide bonds. The number of esters is 1. The van der Waals surface area contributed by atoms with Gasteiger partial charge in [0.2, 0.25) is 0 Å². The number of H-pyrrole nitrogens is 1. The number of aryl methyl sites for hydroxylation is 1. The van der Waals surface area contributed by atoms with Crippen LogP contribution in [0.2, 0.25) is 0 Å². The van der Waals surface area contributed by atoms with Crippen molar-refractivity contribution in [3.63, 3.8) is 0 Å². The Balaban J connectivity index is 1.94. The number of hydrogen-bond donors (Lipinski definition) is 1. The molecule has 0 aliphatic heterocycles. The first kappa shape index (κ1) is 19.1. The van der Waals surface area contributed by atoms with E-state index >= 15 is 0 Å². The minimum Gasteiger partial charge on any atom is -0.462 e. The van der Waals surface area contributed by atoms with Crippen molar-refractivity contribution < 1.29 is 22.7 Å². The number of carbonyl (C=O) groups is 1. The van der Waals surface area contributed by atoms with Gasteiger partial charge >= 0.3 is 12.1 Å². The molecule has 1 aromatic carbocycles. The van der Waals surface area contributed by atoms with E-state index in [1.165, 1.54) is 12.1 Å². The fourth-order valence-electron chi connectivity index (χ4n) is 2.67. The molecule has 3 rings (SSSR count). The van der Waals surface area contributed by atoms with Crippen LogP contribution >= 0.6 is 11.3 Å². The number of aromatic nitrogens is 2. The maximum atomic E-state index is 12.6. The molecule has 0 aliphatic carbocycles. The van der Waals surface area contributed by atoms with Crippen molar-refractivity contribution in [2.75, 3.05) is 6.61 Å². The number of nitrogens with zero attached hydrogens (tertiary/aromatic N) is 1. The molecule has 0 saturated carbocycles. The van der Waals surface area contributed by atoms with Crippen LogP contribution in [-0.4, -0.2) is 22.5 Å². The molecule has 3 aromatic rings. The molecular formula is C18H15F3N2O3S. The van der Waals surface area contributed by atoms with Crippen molar-refractivity contribution in [1.29, 1.82) is 0 Å². The zero-order valence-electron chi connectivity index (χ0n) is 14.4. The molecule has 1 N–H and O–H groups in total. The van der Waals surface area contributed by atoms with Crippen LogP contribution in [0, 0.1) is 6.92 Å². The molecule has 0 fully saturated rings. The summed E-state index contributed by atoms with van der Waals surface area (Å²) in [6.45, 7) is 3.56. The maximum absolute atomic E-state index is 12.6. The summed E-state index contributed by atoms with van der Waals surface area (Å²) in [4.78, 5) is 32.1. The molecule has 0 atom stereocenters. The summed E-state index contributed by atoms with van der Waals surface area (Å²) >= 11 is 1.06. The Morgan fingerprint density at radius 1 is 1.26 bits per heavy atom. The number of nitrogens with one attached hydrogen (secondary N) is 1. The molecule has 0 aliphatic rings. The smallest absolute Gasteiger partial charge is 0.416 e. The fraction of sp³-hybridized carbons (Fsp3) is 0.278. The number of hydrogen-bond acceptors (Lipinski definition) is 5. The van der Waals surface area contributed by atoms with Crippen LogP contribution in [-0.2, 0) is 17.3 Å². The number of benzene rings is 1. The lowest BCUT2D eigenvalue weighted by molar-refractivity contribution is -0.137. The molecule has 9 heteroatoms. The van der Waals surface area contributed by atoms with E-state index in [-0.39, 0.29) is 13.0 Å². The van der Waals surface area contributed by atoms with Crippen LogP contribution in [0.4, 0.5) is 13.2 Å². The van der Waals surface area contributed by atoms with Gasteiger partial charge in [0, 0.05) is 6.42 Å². The first-order chi connectivity index (χ1) is 12.7. The van der Waals surface area contributed by atoms with Crippen molar-refractivity contribution in [1.82, 2.24) is 9.97 Å². The quantitative estimate of drug-likeness (QED) is 0.675. The van der Waals surface area contributed by atoms with E-state index in [2.05, 4.69) is 9.97 Å². The Bertz CT molecular complexity index is 1050. The van der Waals surface area contributed by atoms with Gasteiger partial charge in [-0.1, -0.05) is 12.1 Å². The van der Waals surface area contributed by atoms with E-state index in [4.69, 9.17) is 4.74 Å². The Labute approximate surface area is 155 Å². The second kappa shape index (κ2) is 7.15. The van der Waals surface area contributed by atoms with Crippen LogP contribution in [0.15, 0.2) is 29.1 Å². The van der Waals surface area contributed by atoms with Crippen molar-refractivity contribution in [3.05, 3.63) is 62.0 Å². The minimum atomic E-state index is -4.40. The standard InChI is InChI=1S/C18H15F3N2O3S/c1-3-26-17(25)14-9(2)13-15(24)22-12(23-16(13)27-14)8-10-4-6-11(7-5-10)18(19,20)21/h4-7H,3,8H2,1-2H3,(H,22,23,24). The first-order valence-corrected chi connectivity index (χ1v) is 8.88. The Kier molecular flexibility index (Phi) is 5.05. The number of fused-ring (bicyclic) bond motifs is 1. The van der Waals surface area contributed by atoms with Crippen LogP contribution in [0.3, 0.4) is 0 Å². The van der Waals surface area contributed by atoms with Crippen molar-refractivity contribution in [2.24, 2.45) is 0 Å². The SMILES string of the molecule is CCOC(=O)c1sc2nc(Cc3ccc(C(F)(F)F)cc3)[nH]c(=O)c2c1C. The number of carbonyl (C=O) groups excluding carboxylic acids is 1. The van der Waals surface area contributed by atoms with Gasteiger partial charge in [-0.25, -0.2) is 9.78 Å². The summed E-state index contributed by atoms with van der Waals surface area (Å²) in [6, 6.07) is 4.66. The highest BCUT2D eigenvalue weighted by Crippen LogP contribution is 2.30. The highest BCUT2D eigenvalue weighted by molar-refractivity contribution is 7.20. The number of halogens is 3. The zero-order valence-corrected chi connectivity index (χ0v) is 15.3. The van der Waals surface area contributed by atoms with Crippen LogP contribution in [0.25, 0.3) is 10.2 Å². The van der Waals surface area contributed by atoms with Gasteiger partial charge in [0.1, 0.15) is 15.5 Å². The van der Waals surface area contributed by atoms with Crippen LogP contribution < -0.4 is 5.56 Å². The van der Waals surface area contributed by atoms with Crippen LogP contribution in [0.5, 0.6) is 0 Å². The third-order valence-corrected chi connectivity index (χ3v) is 5.13. The molecule has 0 bridgehead atoms. The monoisotopic (exact) mass is 396 g/mol. The van der Waals surface area contributed by atoms with E-state index < -0.39 is 23.3 Å². The number of rotatable bonds is 4. The maximum Gasteiger partial charge on any atom is 0.416 e. The minimum absolute atomic E-state index is 0.162. The Morgan fingerprint density at radius 3 is 2.52 bits per heavy atom. The summed E-state index contributed by atoms with van der Waals surface area (Å²) in [5.74, 6) is -0.203. The van der Waals surface area contributed by atoms with E-state index in [0.29, 0.717) is 32.0 Å². The van der Waals surface area contributed by atoms with Gasteiger partial charge in [-0.2, -0.15) is 13.2 Å². The highest BCUT2D eigenvalue weighted by atomic mass is 32.1. The van der Waals surface area contributed by atoms with E-state index in [0.717, 1.165) is 23.5 Å². The van der Waals surface area contributed by atoms with E-state index in [1.807, 2.05) is 0 Å². The lowest BCUT2D eigenvalue weighted by atomic mass is 10.1. The van der Waals surface area contributed by atoms with Gasteiger partial charge < -0.3 is 9.72 Å². The molecule has 5 nitrogen and oxygen atoms in total. The fourth-order valence-corrected chi connectivity index (χ4v) is 3.76. The summed E-state index contributed by atoms with van der Waals surface area (Å²) < 4.78 is 42.9. The van der Waals surface area contributed by atoms with Gasteiger partial charge in [0.15, 0.2) is 0 Å². The summed E-state index contributed by atoms with van der Waals surface area (Å²) in [5.41, 5.74) is -0.0602. The van der Waals surface area contributed by atoms with Gasteiger partial charge in [0.05, 0.1) is 17.6 Å². The summed E-state index contributed by atoms with van der Waals surface area (Å²) in [6.07, 6.45) is -4.24. The van der Waals surface area contributed by atoms with E-state index in [1.54, 1.807) is 13.8 Å². The lowest BCUT2D eigenvalue weighted by Crippen LogP contribution is -2.12. The predicted octanol–water partition coefficient (Wildman–Crippen LogP) is 4.08. The number of ether oxygens (including phenoxy) is 1. The number of aromatic amines is 1. The molecule has 0 spiro atoms. The molecule has 0 saturated heterocycles. The number of thiophene rings is 1. The average Bonchev–Trinajstić information content (AvgIpc) is 2.92. The lowest BCUT2D eigenvalue weighted by Gasteiger charge is -2.07. The molecule has 0 unspecified atom stereocenters. The highest BCUT2D eigenvalue weighted by Gasteiger charge is 2.30. The molecular weight excluding hydrogens is 381 g/mol. The van der Waals surface area contributed by atoms with Crippen LogP contribution in [0.1, 0.15) is 39.1 Å². The third-order valence-electron chi connectivity index (χ3n) is 3.96. The topological polar surface area (TPSA) is 72.0 Å². The predicted molar refractivity (Wildman–Crippen MR) is 95.2 cm³/mol. The molecule has 0 radical (unpaired) electrons. The second-order valence-corrected chi connectivity index (χ2v) is 6.84. The summed E-state index contributed by atoms with van der Waals surface area (Å²) in [5, 5.41) is 0.319. The van der Waals surface area contributed by atoms with Gasteiger partial charge in [-0.15, -0.1) is 11.3 Å². The largest absolute Gasteiger partial charge is 0.462 e. The van der Waals surface area contributed by atoms with Gasteiger partial charge in [0.25, 0.3) is 5.56 Å². The van der Waals surface area contributed by atoms with Crippen molar-refractivity contribution >= 4 is 27.5 Å². The second-order valence-electron chi connectivity index (χ2n) is 5.84. The van der Waals surface area contributed by atoms with Crippen molar-refractivity contribution in [2.45, 2.75) is 26.4 Å². The average molecular weight is 396 g/mol. The number of alkyl halides is 3. The molecule has 142 valence electrons. The molecule has 2 heterocycles.